The summed E-state index contributed by atoms with van der Waals surface area (Å²) in [5, 5.41) is 0. The second-order valence-corrected chi connectivity index (χ2v) is 4.12. The van der Waals surface area contributed by atoms with Gasteiger partial charge in [0.2, 0.25) is 0 Å². The number of hydrogen-bond acceptors (Lipinski definition) is 1. The molecule has 0 heterocycles. The normalized spacial score (nSPS) is 26.0. The Balaban J connectivity index is 1.99. The fourth-order valence-corrected chi connectivity index (χ4v) is 1.97. The minimum absolute atomic E-state index is 0.805. The van der Waals surface area contributed by atoms with Crippen LogP contribution in [0.25, 0.3) is 0 Å². The first-order chi connectivity index (χ1) is 6.31. The minimum atomic E-state index is 0.805. The highest BCUT2D eigenvalue weighted by atomic mass is 14.6. The van der Waals surface area contributed by atoms with Gasteiger partial charge in [-0.3, -0.25) is 0 Å². The van der Waals surface area contributed by atoms with E-state index in [2.05, 4.69) is 31.2 Å². The first-order valence-corrected chi connectivity index (χ1v) is 5.06. The molecule has 1 nitrogen and oxygen atoms in total. The average Bonchev–Trinajstić information content (AvgIpc) is 2.88. The molecule has 1 saturated carbocycles. The van der Waals surface area contributed by atoms with Crippen molar-refractivity contribution in [1.29, 1.82) is 0 Å². The Morgan fingerprint density at radius 1 is 1.31 bits per heavy atom. The summed E-state index contributed by atoms with van der Waals surface area (Å²) in [6.07, 6.45) is 2.57. The zero-order chi connectivity index (χ0) is 9.26. The van der Waals surface area contributed by atoms with Gasteiger partial charge in [0, 0.05) is 0 Å². The van der Waals surface area contributed by atoms with Gasteiger partial charge in [0.15, 0.2) is 0 Å². The molecule has 2 N–H and O–H groups in total. The summed E-state index contributed by atoms with van der Waals surface area (Å²) in [6.45, 7) is 3.06. The van der Waals surface area contributed by atoms with Crippen LogP contribution in [-0.2, 0) is 6.42 Å². The van der Waals surface area contributed by atoms with E-state index in [1.807, 2.05) is 0 Å². The molecule has 13 heavy (non-hydrogen) atoms. The maximum Gasteiger partial charge on any atom is -0.00460 e. The van der Waals surface area contributed by atoms with Crippen LogP contribution in [0.5, 0.6) is 0 Å². The molecule has 0 radical (unpaired) electrons. The standard InChI is InChI=1S/C12H17N/c1-9-4-2-3-5-10(9)6-11-7-12(11)8-13/h2-5,11-12H,6-8,13H2,1H3. The number of hydrogen-bond donors (Lipinski definition) is 1. The molecule has 1 aliphatic carbocycles. The Hall–Kier alpha value is -0.820. The fourth-order valence-electron chi connectivity index (χ4n) is 1.97. The topological polar surface area (TPSA) is 26.0 Å². The maximum absolute atomic E-state index is 5.62. The van der Waals surface area contributed by atoms with E-state index in [0.29, 0.717) is 0 Å². The van der Waals surface area contributed by atoms with Crippen molar-refractivity contribution in [2.24, 2.45) is 17.6 Å². The summed E-state index contributed by atoms with van der Waals surface area (Å²) in [7, 11) is 0. The van der Waals surface area contributed by atoms with Crippen molar-refractivity contribution in [2.45, 2.75) is 19.8 Å². The Labute approximate surface area is 80.0 Å². The summed E-state index contributed by atoms with van der Waals surface area (Å²) in [5.41, 5.74) is 8.54. The summed E-state index contributed by atoms with van der Waals surface area (Å²) in [4.78, 5) is 0. The van der Waals surface area contributed by atoms with Crippen molar-refractivity contribution in [3.8, 4) is 0 Å². The van der Waals surface area contributed by atoms with E-state index in [4.69, 9.17) is 5.73 Å². The second kappa shape index (κ2) is 3.51. The highest BCUT2D eigenvalue weighted by Gasteiger charge is 2.35. The van der Waals surface area contributed by atoms with Crippen molar-refractivity contribution >= 4 is 0 Å². The molecule has 0 aromatic heterocycles. The molecule has 0 amide bonds. The van der Waals surface area contributed by atoms with Gasteiger partial charge in [0.25, 0.3) is 0 Å². The average molecular weight is 175 g/mol. The summed E-state index contributed by atoms with van der Waals surface area (Å²) in [5.74, 6) is 1.67. The van der Waals surface area contributed by atoms with Crippen molar-refractivity contribution in [3.63, 3.8) is 0 Å². The van der Waals surface area contributed by atoms with Gasteiger partial charge in [-0.15, -0.1) is 0 Å². The quantitative estimate of drug-likeness (QED) is 0.748. The number of aryl methyl sites for hydroxylation is 1. The highest BCUT2D eigenvalue weighted by molar-refractivity contribution is 5.26. The van der Waals surface area contributed by atoms with Gasteiger partial charge < -0.3 is 5.73 Å². The molecule has 70 valence electrons. The Morgan fingerprint density at radius 2 is 2.08 bits per heavy atom. The Morgan fingerprint density at radius 3 is 2.69 bits per heavy atom. The van der Waals surface area contributed by atoms with Crippen molar-refractivity contribution in [1.82, 2.24) is 0 Å². The van der Waals surface area contributed by atoms with Crippen LogP contribution in [0.1, 0.15) is 17.5 Å². The lowest BCUT2D eigenvalue weighted by Crippen LogP contribution is -2.03. The van der Waals surface area contributed by atoms with Crippen LogP contribution in [-0.4, -0.2) is 6.54 Å². The molecule has 0 spiro atoms. The van der Waals surface area contributed by atoms with Crippen LogP contribution >= 0.6 is 0 Å². The third-order valence-electron chi connectivity index (χ3n) is 3.12. The predicted octanol–water partition coefficient (Wildman–Crippen LogP) is 2.13. The Bertz CT molecular complexity index is 293. The molecular formula is C12H17N. The first kappa shape index (κ1) is 8.76. The van der Waals surface area contributed by atoms with E-state index in [1.54, 1.807) is 0 Å². The predicted molar refractivity (Wildman–Crippen MR) is 55.5 cm³/mol. The summed E-state index contributed by atoms with van der Waals surface area (Å²) in [6, 6.07) is 8.66. The van der Waals surface area contributed by atoms with Crippen LogP contribution < -0.4 is 5.73 Å². The van der Waals surface area contributed by atoms with Crippen molar-refractivity contribution in [2.75, 3.05) is 6.54 Å². The molecule has 1 aromatic carbocycles. The van der Waals surface area contributed by atoms with E-state index >= 15 is 0 Å². The van der Waals surface area contributed by atoms with E-state index in [0.717, 1.165) is 18.4 Å². The van der Waals surface area contributed by atoms with Gasteiger partial charge in [-0.2, -0.15) is 0 Å². The summed E-state index contributed by atoms with van der Waals surface area (Å²) < 4.78 is 0. The third kappa shape index (κ3) is 1.92. The highest BCUT2D eigenvalue weighted by Crippen LogP contribution is 2.40. The fraction of sp³-hybridized carbons (Fsp3) is 0.500. The minimum Gasteiger partial charge on any atom is -0.330 e. The Kier molecular flexibility index (Phi) is 2.36. The van der Waals surface area contributed by atoms with E-state index in [-0.39, 0.29) is 0 Å². The molecule has 2 rings (SSSR count). The van der Waals surface area contributed by atoms with Crippen molar-refractivity contribution < 1.29 is 0 Å². The molecule has 0 bridgehead atoms. The maximum atomic E-state index is 5.62. The van der Waals surface area contributed by atoms with E-state index in [1.165, 1.54) is 24.0 Å². The second-order valence-electron chi connectivity index (χ2n) is 4.12. The van der Waals surface area contributed by atoms with E-state index in [9.17, 15) is 0 Å². The van der Waals surface area contributed by atoms with Gasteiger partial charge in [-0.1, -0.05) is 24.3 Å². The number of nitrogens with two attached hydrogens (primary N) is 1. The lowest BCUT2D eigenvalue weighted by Gasteiger charge is -2.03. The van der Waals surface area contributed by atoms with Crippen LogP contribution in [0.2, 0.25) is 0 Å². The van der Waals surface area contributed by atoms with E-state index < -0.39 is 0 Å². The van der Waals surface area contributed by atoms with Crippen LogP contribution in [0, 0.1) is 18.8 Å². The van der Waals surface area contributed by atoms with Crippen LogP contribution in [0.4, 0.5) is 0 Å². The summed E-state index contributed by atoms with van der Waals surface area (Å²) >= 11 is 0. The number of benzene rings is 1. The molecule has 0 aliphatic heterocycles. The SMILES string of the molecule is Cc1ccccc1CC1CC1CN. The van der Waals surface area contributed by atoms with Gasteiger partial charge >= 0.3 is 0 Å². The van der Waals surface area contributed by atoms with Crippen molar-refractivity contribution in [3.05, 3.63) is 35.4 Å². The first-order valence-electron chi connectivity index (χ1n) is 5.06. The molecule has 1 aliphatic rings. The zero-order valence-corrected chi connectivity index (χ0v) is 8.16. The largest absolute Gasteiger partial charge is 0.330 e. The molecule has 1 heteroatoms. The van der Waals surface area contributed by atoms with Gasteiger partial charge in [-0.25, -0.2) is 0 Å². The smallest absolute Gasteiger partial charge is 0.00460 e. The van der Waals surface area contributed by atoms with Gasteiger partial charge in [0.1, 0.15) is 0 Å². The monoisotopic (exact) mass is 175 g/mol. The molecular weight excluding hydrogens is 158 g/mol. The number of rotatable bonds is 3. The van der Waals surface area contributed by atoms with Crippen LogP contribution in [0.15, 0.2) is 24.3 Å². The molecule has 2 unspecified atom stereocenters. The lowest BCUT2D eigenvalue weighted by molar-refractivity contribution is 0.702. The zero-order valence-electron chi connectivity index (χ0n) is 8.16. The van der Waals surface area contributed by atoms with Crippen LogP contribution in [0.3, 0.4) is 0 Å². The molecule has 0 saturated heterocycles. The molecule has 2 atom stereocenters. The lowest BCUT2D eigenvalue weighted by atomic mass is 10.0. The molecule has 1 fully saturated rings. The van der Waals surface area contributed by atoms with Gasteiger partial charge in [0.05, 0.1) is 0 Å². The molecule has 1 aromatic rings. The third-order valence-corrected chi connectivity index (χ3v) is 3.12. The van der Waals surface area contributed by atoms with Gasteiger partial charge in [-0.05, 0) is 49.3 Å².